The molecule has 2 aromatic carbocycles. The Kier molecular flexibility index (Phi) is 13.4. The fraction of sp³-hybridized carbons (Fsp3) is 0.387. The molecule has 0 spiro atoms. The van der Waals surface area contributed by atoms with Crippen molar-refractivity contribution in [2.24, 2.45) is 22.2 Å². The number of H-pyrrole nitrogens is 1. The molecule has 0 aliphatic carbocycles. The van der Waals surface area contributed by atoms with E-state index in [9.17, 15) is 29.4 Å². The second-order valence-corrected chi connectivity index (χ2v) is 11.2. The number of aromatic amines is 1. The summed E-state index contributed by atoms with van der Waals surface area (Å²) in [7, 11) is 0. The van der Waals surface area contributed by atoms with Crippen LogP contribution in [0.5, 0.6) is 5.75 Å². The molecule has 248 valence electrons. The van der Waals surface area contributed by atoms with E-state index in [1.807, 2.05) is 24.3 Å². The number of nitrogens with zero attached hydrogens (tertiary/aromatic N) is 1. The number of nitrogens with one attached hydrogen (secondary N) is 4. The second-order valence-electron chi connectivity index (χ2n) is 10.9. The van der Waals surface area contributed by atoms with Crippen molar-refractivity contribution in [2.45, 2.75) is 62.9 Å². The maximum Gasteiger partial charge on any atom is 0.245 e. The van der Waals surface area contributed by atoms with E-state index >= 15 is 0 Å². The highest BCUT2D eigenvalue weighted by molar-refractivity contribution is 6.28. The number of aliphatic imine (C=N–C) groups is 1. The Morgan fingerprint density at radius 3 is 2.26 bits per heavy atom. The molecule has 46 heavy (non-hydrogen) atoms. The summed E-state index contributed by atoms with van der Waals surface area (Å²) in [5, 5.41) is 28.8. The van der Waals surface area contributed by atoms with Crippen LogP contribution >= 0.6 is 11.6 Å². The van der Waals surface area contributed by atoms with E-state index in [4.69, 9.17) is 28.8 Å². The standard InChI is InChI=1S/C31H41ClN8O6/c1-17(41)27(30(46)38-24(26(43)15-32)7-4-12-36-31(34)35)40-29(45)25(13-18-8-10-20(42)11-9-18)39-28(44)22(33)14-19-16-37-23-6-3-2-5-21(19)23/h2-3,5-6,8-11,16-17,22,24-25,27,37,41-42H,4,7,12-15,33H2,1H3,(H,38,46)(H,39,44)(H,40,45)(H4,34,35,36). The van der Waals surface area contributed by atoms with Crippen molar-refractivity contribution < 1.29 is 29.4 Å². The number of guanidine groups is 1. The van der Waals surface area contributed by atoms with E-state index < -0.39 is 53.8 Å². The Hall–Kier alpha value is -4.66. The average molecular weight is 657 g/mol. The predicted octanol–water partition coefficient (Wildman–Crippen LogP) is -0.317. The average Bonchev–Trinajstić information content (AvgIpc) is 3.43. The number of carbonyl (C=O) groups excluding carboxylic acids is 4. The molecule has 3 aromatic rings. The van der Waals surface area contributed by atoms with Crippen LogP contribution in [0.3, 0.4) is 0 Å². The highest BCUT2D eigenvalue weighted by atomic mass is 35.5. The first-order valence-corrected chi connectivity index (χ1v) is 15.2. The number of phenols is 1. The number of nitrogens with two attached hydrogens (primary N) is 3. The number of aliphatic hydroxyl groups excluding tert-OH is 1. The highest BCUT2D eigenvalue weighted by Gasteiger charge is 2.33. The van der Waals surface area contributed by atoms with Gasteiger partial charge in [0.05, 0.1) is 24.1 Å². The number of alkyl halides is 1. The van der Waals surface area contributed by atoms with Gasteiger partial charge < -0.3 is 48.3 Å². The van der Waals surface area contributed by atoms with Gasteiger partial charge in [-0.3, -0.25) is 24.2 Å². The molecule has 0 saturated carbocycles. The number of aliphatic hydroxyl groups is 1. The van der Waals surface area contributed by atoms with Gasteiger partial charge in [0.2, 0.25) is 17.7 Å². The summed E-state index contributed by atoms with van der Waals surface area (Å²) in [6, 6.07) is 8.83. The molecule has 0 saturated heterocycles. The number of phenolic OH excluding ortho intramolecular Hbond substituents is 1. The predicted molar refractivity (Wildman–Crippen MR) is 175 cm³/mol. The number of para-hydroxylation sites is 1. The Morgan fingerprint density at radius 1 is 0.935 bits per heavy atom. The minimum Gasteiger partial charge on any atom is -0.508 e. The minimum atomic E-state index is -1.49. The van der Waals surface area contributed by atoms with Gasteiger partial charge in [0.15, 0.2) is 11.7 Å². The van der Waals surface area contributed by atoms with Crippen molar-refractivity contribution in [1.29, 1.82) is 0 Å². The molecule has 3 amide bonds. The number of halogens is 1. The van der Waals surface area contributed by atoms with Crippen LogP contribution in [0.15, 0.2) is 59.7 Å². The second kappa shape index (κ2) is 17.1. The van der Waals surface area contributed by atoms with Crippen LogP contribution < -0.4 is 33.2 Å². The summed E-state index contributed by atoms with van der Waals surface area (Å²) in [4.78, 5) is 59.5. The molecule has 0 aliphatic rings. The molecule has 0 bridgehead atoms. The van der Waals surface area contributed by atoms with Gasteiger partial charge in [-0.05, 0) is 55.5 Å². The molecule has 0 aliphatic heterocycles. The summed E-state index contributed by atoms with van der Waals surface area (Å²) in [5.41, 5.74) is 19.2. The van der Waals surface area contributed by atoms with Crippen LogP contribution in [-0.2, 0) is 32.0 Å². The summed E-state index contributed by atoms with van der Waals surface area (Å²) in [5.74, 6) is -3.19. The summed E-state index contributed by atoms with van der Waals surface area (Å²) in [6.07, 6.45) is 1.05. The summed E-state index contributed by atoms with van der Waals surface area (Å²) >= 11 is 5.74. The molecule has 5 atom stereocenters. The smallest absolute Gasteiger partial charge is 0.245 e. The van der Waals surface area contributed by atoms with Gasteiger partial charge in [-0.2, -0.15) is 0 Å². The van der Waals surface area contributed by atoms with Crippen LogP contribution in [0.4, 0.5) is 0 Å². The van der Waals surface area contributed by atoms with E-state index in [0.29, 0.717) is 12.0 Å². The lowest BCUT2D eigenvalue weighted by molar-refractivity contribution is -0.135. The number of rotatable bonds is 17. The number of fused-ring (bicyclic) bond motifs is 1. The zero-order valence-corrected chi connectivity index (χ0v) is 26.2. The number of Topliss-reactive ketones (excluding diaryl/α,β-unsaturated/α-hetero) is 1. The Labute approximate surface area is 271 Å². The van der Waals surface area contributed by atoms with Crippen molar-refractivity contribution in [2.75, 3.05) is 12.4 Å². The highest BCUT2D eigenvalue weighted by Crippen LogP contribution is 2.19. The Bertz CT molecular complexity index is 1520. The number of hydrogen-bond acceptors (Lipinski definition) is 8. The van der Waals surface area contributed by atoms with Crippen molar-refractivity contribution in [3.63, 3.8) is 0 Å². The topological polar surface area (TPSA) is 251 Å². The van der Waals surface area contributed by atoms with E-state index in [0.717, 1.165) is 16.5 Å². The monoisotopic (exact) mass is 656 g/mol. The number of aromatic hydroxyl groups is 1. The zero-order chi connectivity index (χ0) is 33.8. The summed E-state index contributed by atoms with van der Waals surface area (Å²) < 4.78 is 0. The third-order valence-corrected chi connectivity index (χ3v) is 7.57. The van der Waals surface area contributed by atoms with Gasteiger partial charge >= 0.3 is 0 Å². The van der Waals surface area contributed by atoms with Gasteiger partial charge in [0.25, 0.3) is 0 Å². The molecule has 1 aromatic heterocycles. The molecule has 0 fully saturated rings. The van der Waals surface area contributed by atoms with Crippen molar-refractivity contribution in [3.8, 4) is 5.75 Å². The van der Waals surface area contributed by atoms with Crippen molar-refractivity contribution >= 4 is 52.0 Å². The van der Waals surface area contributed by atoms with Gasteiger partial charge in [-0.25, -0.2) is 0 Å². The number of ketones is 1. The first-order valence-electron chi connectivity index (χ1n) is 14.7. The lowest BCUT2D eigenvalue weighted by Crippen LogP contribution is -2.60. The number of carbonyl (C=O) groups is 4. The molecule has 14 nitrogen and oxygen atoms in total. The van der Waals surface area contributed by atoms with Gasteiger partial charge in [0, 0.05) is 30.1 Å². The third kappa shape index (κ3) is 10.5. The quantitative estimate of drug-likeness (QED) is 0.0399. The number of benzene rings is 2. The lowest BCUT2D eigenvalue weighted by Gasteiger charge is -2.27. The van der Waals surface area contributed by atoms with Crippen LogP contribution in [0.2, 0.25) is 0 Å². The van der Waals surface area contributed by atoms with Crippen LogP contribution in [0, 0.1) is 0 Å². The van der Waals surface area contributed by atoms with Gasteiger partial charge in [-0.15, -0.1) is 11.6 Å². The molecule has 1 heterocycles. The molecule has 12 N–H and O–H groups in total. The minimum absolute atomic E-state index is 0.0136. The molecule has 5 unspecified atom stereocenters. The third-order valence-electron chi connectivity index (χ3n) is 7.31. The van der Waals surface area contributed by atoms with E-state index in [1.165, 1.54) is 19.1 Å². The van der Waals surface area contributed by atoms with Crippen molar-refractivity contribution in [3.05, 3.63) is 65.9 Å². The van der Waals surface area contributed by atoms with E-state index in [1.54, 1.807) is 18.3 Å². The zero-order valence-electron chi connectivity index (χ0n) is 25.4. The van der Waals surface area contributed by atoms with Crippen LogP contribution in [0.25, 0.3) is 10.9 Å². The number of aromatic nitrogens is 1. The number of amides is 3. The Morgan fingerprint density at radius 2 is 1.61 bits per heavy atom. The first-order chi connectivity index (χ1) is 21.9. The normalized spacial score (nSPS) is 14.3. The first kappa shape index (κ1) is 35.8. The molecule has 15 heteroatoms. The maximum atomic E-state index is 13.6. The fourth-order valence-corrected chi connectivity index (χ4v) is 5.00. The SMILES string of the molecule is CC(O)C(NC(=O)C(Cc1ccc(O)cc1)NC(=O)C(N)Cc1c[nH]c2ccccc12)C(=O)NC(CCCN=C(N)N)C(=O)CCl. The van der Waals surface area contributed by atoms with Gasteiger partial charge in [0.1, 0.15) is 17.8 Å². The van der Waals surface area contributed by atoms with E-state index in [-0.39, 0.29) is 43.4 Å². The van der Waals surface area contributed by atoms with Gasteiger partial charge in [-0.1, -0.05) is 30.3 Å². The Balaban J connectivity index is 1.75. The molecular weight excluding hydrogens is 616 g/mol. The molecule has 3 rings (SSSR count). The largest absolute Gasteiger partial charge is 0.508 e. The van der Waals surface area contributed by atoms with Crippen molar-refractivity contribution in [1.82, 2.24) is 20.9 Å². The van der Waals surface area contributed by atoms with Crippen LogP contribution in [0.1, 0.15) is 30.9 Å². The lowest BCUT2D eigenvalue weighted by atomic mass is 10.0. The summed E-state index contributed by atoms with van der Waals surface area (Å²) in [6.45, 7) is 1.51. The molecule has 0 radical (unpaired) electrons. The molecular formula is C31H41ClN8O6. The number of hydrogen-bond donors (Lipinski definition) is 9. The fourth-order valence-electron chi connectivity index (χ4n) is 4.82. The van der Waals surface area contributed by atoms with Crippen LogP contribution in [-0.4, -0.2) is 87.4 Å². The van der Waals surface area contributed by atoms with E-state index in [2.05, 4.69) is 25.9 Å². The maximum absolute atomic E-state index is 13.6.